The quantitative estimate of drug-likeness (QED) is 0.759. The Kier molecular flexibility index (Phi) is 4.41. The molecule has 0 unspecified atom stereocenters. The first kappa shape index (κ1) is 15.7. The fourth-order valence-electron chi connectivity index (χ4n) is 2.78. The van der Waals surface area contributed by atoms with E-state index in [0.717, 1.165) is 37.2 Å². The number of aromatic nitrogens is 2. The maximum Gasteiger partial charge on any atom is 0.162 e. The molecule has 1 heterocycles. The molecular formula is C16H25ClN2O. The highest BCUT2D eigenvalue weighted by Crippen LogP contribution is 2.46. The van der Waals surface area contributed by atoms with E-state index in [-0.39, 0.29) is 5.60 Å². The first-order chi connectivity index (χ1) is 9.28. The van der Waals surface area contributed by atoms with Crippen molar-refractivity contribution in [1.82, 2.24) is 9.97 Å². The van der Waals surface area contributed by atoms with Crippen LogP contribution in [0.3, 0.4) is 0 Å². The van der Waals surface area contributed by atoms with E-state index in [4.69, 9.17) is 21.3 Å². The molecule has 0 spiro atoms. The van der Waals surface area contributed by atoms with Gasteiger partial charge < -0.3 is 4.74 Å². The summed E-state index contributed by atoms with van der Waals surface area (Å²) in [6, 6.07) is 1.85. The van der Waals surface area contributed by atoms with Crippen LogP contribution in [0, 0.1) is 5.41 Å². The fourth-order valence-corrected chi connectivity index (χ4v) is 2.98. The molecule has 3 nitrogen and oxygen atoms in total. The zero-order chi connectivity index (χ0) is 15.0. The summed E-state index contributed by atoms with van der Waals surface area (Å²) in [6.07, 6.45) is 4.14. The van der Waals surface area contributed by atoms with Gasteiger partial charge in [-0.25, -0.2) is 9.97 Å². The highest BCUT2D eigenvalue weighted by molar-refractivity contribution is 6.29. The molecule has 1 aliphatic carbocycles. The summed E-state index contributed by atoms with van der Waals surface area (Å²) in [5.41, 5.74) is 0.993. The minimum absolute atomic E-state index is 0.336. The molecule has 1 aromatic rings. The monoisotopic (exact) mass is 296 g/mol. The summed E-state index contributed by atoms with van der Waals surface area (Å²) in [5.74, 6) is 1.09. The van der Waals surface area contributed by atoms with Crippen molar-refractivity contribution in [1.29, 1.82) is 0 Å². The highest BCUT2D eigenvalue weighted by Gasteiger charge is 2.42. The molecule has 0 radical (unpaired) electrons. The fraction of sp³-hybridized carbons (Fsp3) is 0.750. The second-order valence-electron chi connectivity index (χ2n) is 6.96. The summed E-state index contributed by atoms with van der Waals surface area (Å²) in [4.78, 5) is 9.19. The molecule has 1 fully saturated rings. The maximum absolute atomic E-state index is 6.18. The first-order valence-electron chi connectivity index (χ1n) is 7.38. The number of halogens is 1. The molecule has 0 aliphatic heterocycles. The van der Waals surface area contributed by atoms with Gasteiger partial charge in [-0.3, -0.25) is 0 Å². The summed E-state index contributed by atoms with van der Waals surface area (Å²) in [5, 5.41) is 0.514. The van der Waals surface area contributed by atoms with Crippen molar-refractivity contribution in [3.05, 3.63) is 22.7 Å². The van der Waals surface area contributed by atoms with Gasteiger partial charge in [-0.2, -0.15) is 0 Å². The molecule has 0 amide bonds. The lowest BCUT2D eigenvalue weighted by atomic mass is 9.70. The Hall–Kier alpha value is -0.670. The van der Waals surface area contributed by atoms with Crippen molar-refractivity contribution in [2.24, 2.45) is 5.41 Å². The molecule has 4 heteroatoms. The van der Waals surface area contributed by atoms with Crippen LogP contribution in [0.15, 0.2) is 6.07 Å². The van der Waals surface area contributed by atoms with E-state index < -0.39 is 0 Å². The molecule has 0 aromatic carbocycles. The smallest absolute Gasteiger partial charge is 0.162 e. The molecule has 1 saturated carbocycles. The van der Waals surface area contributed by atoms with E-state index >= 15 is 0 Å². The summed E-state index contributed by atoms with van der Waals surface area (Å²) in [6.45, 7) is 8.85. The van der Waals surface area contributed by atoms with Gasteiger partial charge >= 0.3 is 0 Å². The third-order valence-electron chi connectivity index (χ3n) is 4.52. The standard InChI is InChI=1S/C16H25ClN2O/c1-11(2)12-10-13(17)19-14(18-12)16(20-5)8-6-15(3,4)7-9-16/h10-11H,6-9H2,1-5H3. The molecule has 0 saturated heterocycles. The van der Waals surface area contributed by atoms with Crippen molar-refractivity contribution in [3.63, 3.8) is 0 Å². The van der Waals surface area contributed by atoms with Gasteiger partial charge in [0.25, 0.3) is 0 Å². The van der Waals surface area contributed by atoms with Crippen LogP contribution < -0.4 is 0 Å². The maximum atomic E-state index is 6.18. The summed E-state index contributed by atoms with van der Waals surface area (Å²) < 4.78 is 5.86. The average Bonchev–Trinajstić information content (AvgIpc) is 2.38. The minimum Gasteiger partial charge on any atom is -0.370 e. The lowest BCUT2D eigenvalue weighted by Crippen LogP contribution is -2.38. The Labute approximate surface area is 127 Å². The van der Waals surface area contributed by atoms with Crippen LogP contribution in [0.2, 0.25) is 5.15 Å². The van der Waals surface area contributed by atoms with Crippen LogP contribution in [0.1, 0.15) is 70.8 Å². The zero-order valence-electron chi connectivity index (χ0n) is 13.2. The van der Waals surface area contributed by atoms with Gasteiger partial charge in [0.15, 0.2) is 5.82 Å². The van der Waals surface area contributed by atoms with Gasteiger partial charge in [0.05, 0.1) is 0 Å². The Morgan fingerprint density at radius 2 is 1.75 bits per heavy atom. The van der Waals surface area contributed by atoms with Crippen LogP contribution in [-0.2, 0) is 10.3 Å². The van der Waals surface area contributed by atoms with E-state index in [0.29, 0.717) is 16.5 Å². The highest BCUT2D eigenvalue weighted by atomic mass is 35.5. The second kappa shape index (κ2) is 5.61. The Balaban J connectivity index is 2.37. The van der Waals surface area contributed by atoms with Gasteiger partial charge in [-0.1, -0.05) is 39.3 Å². The van der Waals surface area contributed by atoms with Crippen molar-refractivity contribution in [2.75, 3.05) is 7.11 Å². The van der Waals surface area contributed by atoms with Gasteiger partial charge in [0.1, 0.15) is 10.8 Å². The second-order valence-corrected chi connectivity index (χ2v) is 7.34. The molecule has 1 aromatic heterocycles. The van der Waals surface area contributed by atoms with E-state index in [1.807, 2.05) is 6.07 Å². The van der Waals surface area contributed by atoms with Crippen LogP contribution in [0.25, 0.3) is 0 Å². The van der Waals surface area contributed by atoms with Crippen LogP contribution in [0.4, 0.5) is 0 Å². The van der Waals surface area contributed by atoms with Crippen LogP contribution >= 0.6 is 11.6 Å². The molecule has 0 N–H and O–H groups in total. The van der Waals surface area contributed by atoms with E-state index in [1.165, 1.54) is 0 Å². The number of hydrogen-bond acceptors (Lipinski definition) is 3. The third-order valence-corrected chi connectivity index (χ3v) is 4.71. The third kappa shape index (κ3) is 3.15. The predicted molar refractivity (Wildman–Crippen MR) is 82.1 cm³/mol. The van der Waals surface area contributed by atoms with Crippen LogP contribution in [-0.4, -0.2) is 17.1 Å². The number of nitrogens with zero attached hydrogens (tertiary/aromatic N) is 2. The molecule has 112 valence electrons. The number of ether oxygens (including phenoxy) is 1. The normalized spacial score (nSPS) is 21.1. The molecular weight excluding hydrogens is 272 g/mol. The van der Waals surface area contributed by atoms with E-state index in [2.05, 4.69) is 32.7 Å². The Bertz CT molecular complexity index is 475. The number of hydrogen-bond donors (Lipinski definition) is 0. The van der Waals surface area contributed by atoms with Crippen molar-refractivity contribution < 1.29 is 4.74 Å². The first-order valence-corrected chi connectivity index (χ1v) is 7.76. The predicted octanol–water partition coefficient (Wildman–Crippen LogP) is 4.70. The molecule has 1 aliphatic rings. The largest absolute Gasteiger partial charge is 0.370 e. The topological polar surface area (TPSA) is 35.0 Å². The van der Waals surface area contributed by atoms with Gasteiger partial charge in [-0.15, -0.1) is 0 Å². The van der Waals surface area contributed by atoms with Gasteiger partial charge in [0.2, 0.25) is 0 Å². The molecule has 0 atom stereocenters. The lowest BCUT2D eigenvalue weighted by molar-refractivity contribution is -0.0730. The number of methoxy groups -OCH3 is 1. The van der Waals surface area contributed by atoms with Gasteiger partial charge in [0, 0.05) is 12.8 Å². The van der Waals surface area contributed by atoms with E-state index in [1.54, 1.807) is 7.11 Å². The molecule has 0 bridgehead atoms. The molecule has 20 heavy (non-hydrogen) atoms. The van der Waals surface area contributed by atoms with E-state index in [9.17, 15) is 0 Å². The van der Waals surface area contributed by atoms with Crippen molar-refractivity contribution in [3.8, 4) is 0 Å². The SMILES string of the molecule is COC1(c2nc(Cl)cc(C(C)C)n2)CCC(C)(C)CC1. The van der Waals surface area contributed by atoms with Crippen molar-refractivity contribution in [2.45, 2.75) is 64.9 Å². The molecule has 2 rings (SSSR count). The van der Waals surface area contributed by atoms with Gasteiger partial charge in [-0.05, 0) is 43.1 Å². The summed E-state index contributed by atoms with van der Waals surface area (Å²) in [7, 11) is 1.76. The Morgan fingerprint density at radius 3 is 2.25 bits per heavy atom. The van der Waals surface area contributed by atoms with Crippen LogP contribution in [0.5, 0.6) is 0 Å². The minimum atomic E-state index is -0.371. The Morgan fingerprint density at radius 1 is 1.15 bits per heavy atom. The average molecular weight is 297 g/mol. The van der Waals surface area contributed by atoms with Crippen molar-refractivity contribution >= 4 is 11.6 Å². The number of rotatable bonds is 3. The zero-order valence-corrected chi connectivity index (χ0v) is 13.9. The lowest BCUT2D eigenvalue weighted by Gasteiger charge is -2.41. The summed E-state index contributed by atoms with van der Waals surface area (Å²) >= 11 is 6.18.